The van der Waals surface area contributed by atoms with E-state index in [2.05, 4.69) is 26.9 Å². The molecule has 1 N–H and O–H groups in total. The van der Waals surface area contributed by atoms with Gasteiger partial charge in [-0.1, -0.05) is 0 Å². The zero-order valence-corrected chi connectivity index (χ0v) is 11.5. The van der Waals surface area contributed by atoms with Crippen molar-refractivity contribution >= 4 is 23.4 Å². The SMILES string of the molecule is Cc1ccc2[nH]c(=S)n(N3CCN(C)CC3)c2n1. The fourth-order valence-electron chi connectivity index (χ4n) is 2.32. The van der Waals surface area contributed by atoms with Gasteiger partial charge in [-0.25, -0.2) is 9.66 Å². The van der Waals surface area contributed by atoms with E-state index in [-0.39, 0.29) is 0 Å². The molecule has 1 aliphatic heterocycles. The largest absolute Gasteiger partial charge is 0.328 e. The van der Waals surface area contributed by atoms with Gasteiger partial charge >= 0.3 is 0 Å². The number of hydrogen-bond donors (Lipinski definition) is 1. The number of aromatic nitrogens is 3. The molecule has 2 aromatic rings. The maximum absolute atomic E-state index is 5.42. The van der Waals surface area contributed by atoms with Gasteiger partial charge in [0.2, 0.25) is 0 Å². The van der Waals surface area contributed by atoms with E-state index in [1.165, 1.54) is 0 Å². The molecule has 0 radical (unpaired) electrons. The zero-order valence-electron chi connectivity index (χ0n) is 10.7. The topological polar surface area (TPSA) is 40.1 Å². The summed E-state index contributed by atoms with van der Waals surface area (Å²) in [6.45, 7) is 6.07. The first-order valence-corrected chi connectivity index (χ1v) is 6.58. The lowest BCUT2D eigenvalue weighted by Gasteiger charge is -2.34. The lowest BCUT2D eigenvalue weighted by Crippen LogP contribution is -2.49. The number of nitrogens with one attached hydrogen (secondary N) is 1. The summed E-state index contributed by atoms with van der Waals surface area (Å²) in [5, 5.41) is 2.27. The summed E-state index contributed by atoms with van der Waals surface area (Å²) in [6.07, 6.45) is 0. The van der Waals surface area contributed by atoms with E-state index in [1.54, 1.807) is 0 Å². The molecular weight excluding hydrogens is 246 g/mol. The lowest BCUT2D eigenvalue weighted by atomic mass is 10.3. The highest BCUT2D eigenvalue weighted by Gasteiger charge is 2.17. The Morgan fingerprint density at radius 1 is 1.22 bits per heavy atom. The summed E-state index contributed by atoms with van der Waals surface area (Å²) in [5.41, 5.74) is 2.95. The smallest absolute Gasteiger partial charge is 0.198 e. The van der Waals surface area contributed by atoms with Crippen molar-refractivity contribution in [2.45, 2.75) is 6.92 Å². The van der Waals surface area contributed by atoms with E-state index in [9.17, 15) is 0 Å². The molecule has 3 rings (SSSR count). The molecule has 96 valence electrons. The van der Waals surface area contributed by atoms with Crippen molar-refractivity contribution in [2.24, 2.45) is 0 Å². The van der Waals surface area contributed by atoms with Crippen LogP contribution in [0.2, 0.25) is 0 Å². The van der Waals surface area contributed by atoms with Gasteiger partial charge in [0, 0.05) is 31.9 Å². The number of nitrogens with zero attached hydrogens (tertiary/aromatic N) is 4. The van der Waals surface area contributed by atoms with Gasteiger partial charge in [0.15, 0.2) is 10.4 Å². The summed E-state index contributed by atoms with van der Waals surface area (Å²) in [6, 6.07) is 4.04. The van der Waals surface area contributed by atoms with Gasteiger partial charge in [0.1, 0.15) is 0 Å². The summed E-state index contributed by atoms with van der Waals surface area (Å²) < 4.78 is 2.78. The van der Waals surface area contributed by atoms with Gasteiger partial charge in [-0.15, -0.1) is 0 Å². The Kier molecular flexibility index (Phi) is 2.83. The van der Waals surface area contributed by atoms with Gasteiger partial charge in [0.25, 0.3) is 0 Å². The lowest BCUT2D eigenvalue weighted by molar-refractivity contribution is 0.288. The van der Waals surface area contributed by atoms with E-state index in [1.807, 2.05) is 23.7 Å². The van der Waals surface area contributed by atoms with Crippen LogP contribution in [0.1, 0.15) is 5.69 Å². The number of fused-ring (bicyclic) bond motifs is 1. The van der Waals surface area contributed by atoms with Crippen LogP contribution in [0.25, 0.3) is 11.2 Å². The van der Waals surface area contributed by atoms with E-state index >= 15 is 0 Å². The summed E-state index contributed by atoms with van der Waals surface area (Å²) in [5.74, 6) is 0. The van der Waals surface area contributed by atoms with Crippen molar-refractivity contribution < 1.29 is 0 Å². The number of likely N-dealkylation sites (N-methyl/N-ethyl adjacent to an activating group) is 1. The Labute approximate surface area is 111 Å². The van der Waals surface area contributed by atoms with Crippen LogP contribution in [0.5, 0.6) is 0 Å². The number of pyridine rings is 1. The van der Waals surface area contributed by atoms with Crippen molar-refractivity contribution in [1.82, 2.24) is 19.5 Å². The van der Waals surface area contributed by atoms with Crippen LogP contribution >= 0.6 is 12.2 Å². The number of aryl methyl sites for hydroxylation is 1. The number of rotatable bonds is 1. The van der Waals surface area contributed by atoms with Crippen LogP contribution in [0, 0.1) is 11.7 Å². The molecule has 0 bridgehead atoms. The molecular formula is C12H17N5S. The van der Waals surface area contributed by atoms with Crippen molar-refractivity contribution in [3.63, 3.8) is 0 Å². The Hall–Kier alpha value is -1.40. The van der Waals surface area contributed by atoms with Crippen molar-refractivity contribution in [1.29, 1.82) is 0 Å². The minimum Gasteiger partial charge on any atom is -0.328 e. The van der Waals surface area contributed by atoms with Crippen molar-refractivity contribution in [3.05, 3.63) is 22.6 Å². The molecule has 5 nitrogen and oxygen atoms in total. The normalized spacial score (nSPS) is 17.6. The van der Waals surface area contributed by atoms with E-state index < -0.39 is 0 Å². The molecule has 1 saturated heterocycles. The number of imidazole rings is 1. The minimum absolute atomic E-state index is 0.729. The molecule has 1 fully saturated rings. The summed E-state index contributed by atoms with van der Waals surface area (Å²) in [7, 11) is 2.15. The summed E-state index contributed by atoms with van der Waals surface area (Å²) >= 11 is 5.42. The molecule has 0 spiro atoms. The highest BCUT2D eigenvalue weighted by molar-refractivity contribution is 7.71. The predicted octanol–water partition coefficient (Wildman–Crippen LogP) is 1.29. The maximum atomic E-state index is 5.42. The third-order valence-electron chi connectivity index (χ3n) is 3.41. The number of piperazine rings is 1. The molecule has 0 atom stereocenters. The fraction of sp³-hybridized carbons (Fsp3) is 0.500. The molecule has 18 heavy (non-hydrogen) atoms. The molecule has 0 unspecified atom stereocenters. The number of aromatic amines is 1. The van der Waals surface area contributed by atoms with Crippen molar-refractivity contribution in [2.75, 3.05) is 38.2 Å². The first kappa shape index (κ1) is 11.7. The van der Waals surface area contributed by atoms with E-state index in [0.29, 0.717) is 0 Å². The first-order chi connectivity index (χ1) is 8.65. The second-order valence-corrected chi connectivity index (χ2v) is 5.21. The van der Waals surface area contributed by atoms with Gasteiger partial charge < -0.3 is 14.9 Å². The Morgan fingerprint density at radius 3 is 2.67 bits per heavy atom. The zero-order chi connectivity index (χ0) is 12.7. The molecule has 0 aromatic carbocycles. The maximum Gasteiger partial charge on any atom is 0.198 e. The van der Waals surface area contributed by atoms with Gasteiger partial charge in [0.05, 0.1) is 5.52 Å². The van der Waals surface area contributed by atoms with Crippen molar-refractivity contribution in [3.8, 4) is 0 Å². The van der Waals surface area contributed by atoms with Crippen LogP contribution < -0.4 is 5.01 Å². The molecule has 3 heterocycles. The van der Waals surface area contributed by atoms with Gasteiger partial charge in [-0.2, -0.15) is 0 Å². The Bertz CT molecular complexity index is 621. The predicted molar refractivity (Wildman–Crippen MR) is 75.1 cm³/mol. The van der Waals surface area contributed by atoms with Crippen LogP contribution in [0.3, 0.4) is 0 Å². The number of hydrogen-bond acceptors (Lipinski definition) is 4. The second kappa shape index (κ2) is 4.37. The highest BCUT2D eigenvalue weighted by Crippen LogP contribution is 2.14. The first-order valence-electron chi connectivity index (χ1n) is 6.17. The third-order valence-corrected chi connectivity index (χ3v) is 3.69. The average Bonchev–Trinajstić information content (AvgIpc) is 2.66. The molecule has 0 aliphatic carbocycles. The third kappa shape index (κ3) is 1.91. The highest BCUT2D eigenvalue weighted by atomic mass is 32.1. The fourth-order valence-corrected chi connectivity index (χ4v) is 2.64. The molecule has 0 saturated carbocycles. The van der Waals surface area contributed by atoms with Crippen LogP contribution in [0.4, 0.5) is 0 Å². The minimum atomic E-state index is 0.729. The van der Waals surface area contributed by atoms with Gasteiger partial charge in [-0.05, 0) is 38.3 Å². The van der Waals surface area contributed by atoms with Gasteiger partial charge in [-0.3, -0.25) is 0 Å². The standard InChI is InChI=1S/C12H17N5S/c1-9-3-4-10-11(13-9)17(12(18)14-10)16-7-5-15(2)6-8-16/h3-4H,5-8H2,1-2H3,(H,14,18). The van der Waals surface area contributed by atoms with E-state index in [4.69, 9.17) is 12.2 Å². The quantitative estimate of drug-likeness (QED) is 0.787. The van der Waals surface area contributed by atoms with Crippen LogP contribution in [-0.2, 0) is 0 Å². The second-order valence-electron chi connectivity index (χ2n) is 4.82. The van der Waals surface area contributed by atoms with E-state index in [0.717, 1.165) is 47.8 Å². The Morgan fingerprint density at radius 2 is 1.94 bits per heavy atom. The Balaban J connectivity index is 2.08. The van der Waals surface area contributed by atoms with Crippen LogP contribution in [-0.4, -0.2) is 52.8 Å². The molecule has 6 heteroatoms. The van der Waals surface area contributed by atoms with Crippen LogP contribution in [0.15, 0.2) is 12.1 Å². The molecule has 2 aromatic heterocycles. The molecule has 0 amide bonds. The summed E-state index contributed by atoms with van der Waals surface area (Å²) in [4.78, 5) is 10.2. The monoisotopic (exact) mass is 263 g/mol. The number of H-pyrrole nitrogens is 1. The molecule has 1 aliphatic rings. The average molecular weight is 263 g/mol.